The number of hydrogen-bond donors (Lipinski definition) is 2. The van der Waals surface area contributed by atoms with Gasteiger partial charge in [-0.15, -0.1) is 0 Å². The molecular weight excluding hydrogens is 338 g/mol. The highest BCUT2D eigenvalue weighted by atomic mass is 35.5. The standard InChI is InChI=1S/C19H16ClN3O2/c20-16-9-5-4-8-14(16)17-15(18(24)25)12-22-19(23-17)21-11-10-13-6-2-1-3-7-13/h1-9,12H,10-11H2,(H,24,25)(H,21,22,23). The molecule has 0 saturated carbocycles. The lowest BCUT2D eigenvalue weighted by Gasteiger charge is -2.10. The molecule has 0 atom stereocenters. The van der Waals surface area contributed by atoms with Crippen LogP contribution in [-0.4, -0.2) is 27.6 Å². The summed E-state index contributed by atoms with van der Waals surface area (Å²) in [6.45, 7) is 0.637. The minimum atomic E-state index is -1.09. The van der Waals surface area contributed by atoms with E-state index in [4.69, 9.17) is 11.6 Å². The van der Waals surface area contributed by atoms with Gasteiger partial charge in [0, 0.05) is 23.3 Å². The summed E-state index contributed by atoms with van der Waals surface area (Å²) in [5.74, 6) is -0.721. The van der Waals surface area contributed by atoms with E-state index >= 15 is 0 Å². The van der Waals surface area contributed by atoms with Gasteiger partial charge in [-0.3, -0.25) is 0 Å². The van der Waals surface area contributed by atoms with E-state index in [9.17, 15) is 9.90 Å². The average Bonchev–Trinajstić information content (AvgIpc) is 2.63. The van der Waals surface area contributed by atoms with E-state index < -0.39 is 5.97 Å². The summed E-state index contributed by atoms with van der Waals surface area (Å²) in [5.41, 5.74) is 2.08. The minimum Gasteiger partial charge on any atom is -0.478 e. The van der Waals surface area contributed by atoms with Gasteiger partial charge in [0.05, 0.1) is 5.69 Å². The highest BCUT2D eigenvalue weighted by molar-refractivity contribution is 6.33. The third kappa shape index (κ3) is 4.14. The van der Waals surface area contributed by atoms with Gasteiger partial charge in [-0.1, -0.05) is 60.1 Å². The van der Waals surface area contributed by atoms with Crippen LogP contribution in [0.15, 0.2) is 60.8 Å². The molecule has 0 aliphatic heterocycles. The summed E-state index contributed by atoms with van der Waals surface area (Å²) in [6, 6.07) is 17.1. The number of anilines is 1. The van der Waals surface area contributed by atoms with E-state index in [-0.39, 0.29) is 5.56 Å². The van der Waals surface area contributed by atoms with Crippen molar-refractivity contribution in [3.05, 3.63) is 76.9 Å². The SMILES string of the molecule is O=C(O)c1cnc(NCCc2ccccc2)nc1-c1ccccc1Cl. The Morgan fingerprint density at radius 3 is 2.52 bits per heavy atom. The molecule has 2 N–H and O–H groups in total. The molecule has 0 unspecified atom stereocenters. The lowest BCUT2D eigenvalue weighted by Crippen LogP contribution is -2.11. The summed E-state index contributed by atoms with van der Waals surface area (Å²) in [4.78, 5) is 19.9. The number of nitrogens with one attached hydrogen (secondary N) is 1. The van der Waals surface area contributed by atoms with Gasteiger partial charge in [-0.25, -0.2) is 14.8 Å². The number of carbonyl (C=O) groups is 1. The summed E-state index contributed by atoms with van der Waals surface area (Å²) < 4.78 is 0. The first-order chi connectivity index (χ1) is 12.1. The first kappa shape index (κ1) is 16.9. The molecule has 0 aliphatic carbocycles. The van der Waals surface area contributed by atoms with Crippen LogP contribution in [0.2, 0.25) is 5.02 Å². The van der Waals surface area contributed by atoms with Crippen LogP contribution in [0.3, 0.4) is 0 Å². The molecule has 1 heterocycles. The van der Waals surface area contributed by atoms with Crippen molar-refractivity contribution in [3.63, 3.8) is 0 Å². The van der Waals surface area contributed by atoms with Crippen molar-refractivity contribution in [2.75, 3.05) is 11.9 Å². The van der Waals surface area contributed by atoms with E-state index in [1.54, 1.807) is 24.3 Å². The Labute approximate surface area is 150 Å². The highest BCUT2D eigenvalue weighted by Gasteiger charge is 2.17. The van der Waals surface area contributed by atoms with Gasteiger partial charge in [0.2, 0.25) is 5.95 Å². The molecule has 0 aliphatic rings. The van der Waals surface area contributed by atoms with Gasteiger partial charge in [0.25, 0.3) is 0 Å². The number of aromatic carboxylic acids is 1. The van der Waals surface area contributed by atoms with E-state index in [1.165, 1.54) is 11.8 Å². The van der Waals surface area contributed by atoms with Gasteiger partial charge in [0.15, 0.2) is 0 Å². The highest BCUT2D eigenvalue weighted by Crippen LogP contribution is 2.29. The lowest BCUT2D eigenvalue weighted by atomic mass is 10.1. The second-order valence-corrected chi connectivity index (χ2v) is 5.81. The molecule has 0 bridgehead atoms. The predicted molar refractivity (Wildman–Crippen MR) is 98.1 cm³/mol. The van der Waals surface area contributed by atoms with Crippen molar-refractivity contribution in [3.8, 4) is 11.3 Å². The molecule has 0 amide bonds. The maximum Gasteiger partial charge on any atom is 0.339 e. The molecule has 0 saturated heterocycles. The van der Waals surface area contributed by atoms with Crippen LogP contribution in [-0.2, 0) is 6.42 Å². The van der Waals surface area contributed by atoms with Gasteiger partial charge in [-0.2, -0.15) is 0 Å². The monoisotopic (exact) mass is 353 g/mol. The summed E-state index contributed by atoms with van der Waals surface area (Å²) in [7, 11) is 0. The molecule has 3 rings (SSSR count). The average molecular weight is 354 g/mol. The number of rotatable bonds is 6. The zero-order valence-electron chi connectivity index (χ0n) is 13.3. The fourth-order valence-corrected chi connectivity index (χ4v) is 2.67. The summed E-state index contributed by atoms with van der Waals surface area (Å²) in [6.07, 6.45) is 2.12. The fraction of sp³-hybridized carbons (Fsp3) is 0.105. The Morgan fingerprint density at radius 2 is 1.80 bits per heavy atom. The van der Waals surface area contributed by atoms with Crippen LogP contribution >= 0.6 is 11.6 Å². The van der Waals surface area contributed by atoms with Crippen molar-refractivity contribution in [2.45, 2.75) is 6.42 Å². The Morgan fingerprint density at radius 1 is 1.08 bits per heavy atom. The molecule has 25 heavy (non-hydrogen) atoms. The summed E-state index contributed by atoms with van der Waals surface area (Å²) in [5, 5.41) is 13.0. The van der Waals surface area contributed by atoms with Crippen molar-refractivity contribution in [1.29, 1.82) is 0 Å². The van der Waals surface area contributed by atoms with E-state index in [2.05, 4.69) is 15.3 Å². The number of halogens is 1. The van der Waals surface area contributed by atoms with E-state index in [1.807, 2.05) is 30.3 Å². The topological polar surface area (TPSA) is 75.1 Å². The largest absolute Gasteiger partial charge is 0.478 e. The van der Waals surface area contributed by atoms with E-state index in [0.717, 1.165) is 6.42 Å². The lowest BCUT2D eigenvalue weighted by molar-refractivity contribution is 0.0697. The minimum absolute atomic E-state index is 0.0155. The quantitative estimate of drug-likeness (QED) is 0.696. The Hall–Kier alpha value is -2.92. The van der Waals surface area contributed by atoms with Gasteiger partial charge in [-0.05, 0) is 18.1 Å². The molecule has 0 fully saturated rings. The van der Waals surface area contributed by atoms with Crippen molar-refractivity contribution < 1.29 is 9.90 Å². The molecular formula is C19H16ClN3O2. The Kier molecular flexibility index (Phi) is 5.26. The van der Waals surface area contributed by atoms with Crippen LogP contribution in [0.1, 0.15) is 15.9 Å². The molecule has 5 nitrogen and oxygen atoms in total. The second-order valence-electron chi connectivity index (χ2n) is 5.40. The molecule has 0 spiro atoms. The molecule has 3 aromatic rings. The van der Waals surface area contributed by atoms with Crippen molar-refractivity contribution in [1.82, 2.24) is 9.97 Å². The third-order valence-corrected chi connectivity index (χ3v) is 4.02. The normalized spacial score (nSPS) is 10.4. The molecule has 1 aromatic heterocycles. The molecule has 126 valence electrons. The van der Waals surface area contributed by atoms with Crippen LogP contribution in [0.25, 0.3) is 11.3 Å². The first-order valence-corrected chi connectivity index (χ1v) is 8.16. The maximum atomic E-state index is 11.5. The molecule has 2 aromatic carbocycles. The second kappa shape index (κ2) is 7.77. The number of benzene rings is 2. The van der Waals surface area contributed by atoms with Crippen LogP contribution in [0, 0.1) is 0 Å². The number of nitrogens with zero attached hydrogens (tertiary/aromatic N) is 2. The zero-order valence-corrected chi connectivity index (χ0v) is 14.1. The smallest absolute Gasteiger partial charge is 0.339 e. The fourth-order valence-electron chi connectivity index (χ4n) is 2.45. The van der Waals surface area contributed by atoms with Gasteiger partial charge >= 0.3 is 5.97 Å². The van der Waals surface area contributed by atoms with Gasteiger partial charge in [0.1, 0.15) is 5.56 Å². The van der Waals surface area contributed by atoms with Crippen LogP contribution in [0.4, 0.5) is 5.95 Å². The van der Waals surface area contributed by atoms with Crippen LogP contribution in [0.5, 0.6) is 0 Å². The predicted octanol–water partition coefficient (Wildman–Crippen LogP) is 4.15. The Bertz CT molecular complexity index is 885. The van der Waals surface area contributed by atoms with Crippen molar-refractivity contribution in [2.24, 2.45) is 0 Å². The van der Waals surface area contributed by atoms with Crippen LogP contribution < -0.4 is 5.32 Å². The zero-order chi connectivity index (χ0) is 17.6. The van der Waals surface area contributed by atoms with E-state index in [0.29, 0.717) is 28.8 Å². The number of carboxylic acid groups (broad SMARTS) is 1. The van der Waals surface area contributed by atoms with Gasteiger partial charge < -0.3 is 10.4 Å². The third-order valence-electron chi connectivity index (χ3n) is 3.69. The summed E-state index contributed by atoms with van der Waals surface area (Å²) >= 11 is 6.20. The Balaban J connectivity index is 1.83. The molecule has 6 heteroatoms. The first-order valence-electron chi connectivity index (χ1n) is 7.78. The number of carboxylic acids is 1. The molecule has 0 radical (unpaired) electrons. The maximum absolute atomic E-state index is 11.5. The number of aromatic nitrogens is 2. The van der Waals surface area contributed by atoms with Crippen molar-refractivity contribution >= 4 is 23.5 Å². The number of hydrogen-bond acceptors (Lipinski definition) is 4.